The minimum atomic E-state index is -0.491. The van der Waals surface area contributed by atoms with Crippen LogP contribution in [0.4, 0.5) is 0 Å². The molecule has 2 rings (SSSR count). The number of rotatable bonds is 4. The Balaban J connectivity index is 2.16. The van der Waals surface area contributed by atoms with Gasteiger partial charge in [-0.2, -0.15) is 0 Å². The first-order valence-corrected chi connectivity index (χ1v) is 6.60. The van der Waals surface area contributed by atoms with Crippen LogP contribution in [0.5, 0.6) is 0 Å². The van der Waals surface area contributed by atoms with Crippen LogP contribution in [0, 0.1) is 6.92 Å². The summed E-state index contributed by atoms with van der Waals surface area (Å²) >= 11 is 1.62. The Morgan fingerprint density at radius 1 is 1.47 bits per heavy atom. The predicted molar refractivity (Wildman–Crippen MR) is 69.1 cm³/mol. The molecule has 1 atom stereocenters. The van der Waals surface area contributed by atoms with Gasteiger partial charge in [-0.1, -0.05) is 6.92 Å². The van der Waals surface area contributed by atoms with E-state index >= 15 is 0 Å². The molecule has 0 aliphatic rings. The van der Waals surface area contributed by atoms with Crippen LogP contribution in [0.1, 0.15) is 34.9 Å². The van der Waals surface area contributed by atoms with Crippen molar-refractivity contribution in [3.05, 3.63) is 45.7 Å². The standard InChI is InChI=1S/C13H16N2OS/c1-3-10-7-14-5-4-12(10)13(16)6-11-8-17-9(2)15-11/h4-5,7-8,13,16H,3,6H2,1-2H3. The van der Waals surface area contributed by atoms with Gasteiger partial charge in [-0.3, -0.25) is 4.98 Å². The summed E-state index contributed by atoms with van der Waals surface area (Å²) in [6, 6.07) is 1.89. The van der Waals surface area contributed by atoms with Crippen LogP contribution in [0.15, 0.2) is 23.8 Å². The van der Waals surface area contributed by atoms with Crippen LogP contribution in [-0.4, -0.2) is 15.1 Å². The fourth-order valence-corrected chi connectivity index (χ4v) is 2.49. The molecular weight excluding hydrogens is 232 g/mol. The maximum Gasteiger partial charge on any atom is 0.0897 e. The molecule has 0 aromatic carbocycles. The summed E-state index contributed by atoms with van der Waals surface area (Å²) in [7, 11) is 0. The van der Waals surface area contributed by atoms with Crippen molar-refractivity contribution >= 4 is 11.3 Å². The summed E-state index contributed by atoms with van der Waals surface area (Å²) in [5.41, 5.74) is 3.03. The molecule has 0 fully saturated rings. The molecule has 1 N–H and O–H groups in total. The highest BCUT2D eigenvalue weighted by atomic mass is 32.1. The number of aliphatic hydroxyl groups is 1. The monoisotopic (exact) mass is 248 g/mol. The summed E-state index contributed by atoms with van der Waals surface area (Å²) in [6.45, 7) is 4.05. The van der Waals surface area contributed by atoms with Gasteiger partial charge in [0.2, 0.25) is 0 Å². The third-order valence-electron chi connectivity index (χ3n) is 2.75. The molecule has 2 aromatic rings. The van der Waals surface area contributed by atoms with Crippen LogP contribution in [0.3, 0.4) is 0 Å². The van der Waals surface area contributed by atoms with Crippen molar-refractivity contribution in [2.45, 2.75) is 32.8 Å². The molecule has 0 amide bonds. The maximum absolute atomic E-state index is 10.2. The number of hydrogen-bond donors (Lipinski definition) is 1. The molecule has 2 aromatic heterocycles. The Hall–Kier alpha value is -1.26. The van der Waals surface area contributed by atoms with Gasteiger partial charge in [0.25, 0.3) is 0 Å². The smallest absolute Gasteiger partial charge is 0.0897 e. The molecule has 90 valence electrons. The van der Waals surface area contributed by atoms with Crippen LogP contribution in [0.25, 0.3) is 0 Å². The molecule has 0 aliphatic heterocycles. The van der Waals surface area contributed by atoms with Crippen molar-refractivity contribution in [3.8, 4) is 0 Å². The highest BCUT2D eigenvalue weighted by Crippen LogP contribution is 2.22. The minimum Gasteiger partial charge on any atom is -0.388 e. The van der Waals surface area contributed by atoms with E-state index < -0.39 is 6.10 Å². The lowest BCUT2D eigenvalue weighted by Gasteiger charge is -2.13. The second kappa shape index (κ2) is 5.38. The predicted octanol–water partition coefficient (Wildman–Crippen LogP) is 2.69. The van der Waals surface area contributed by atoms with Crippen LogP contribution in [0.2, 0.25) is 0 Å². The number of aromatic nitrogens is 2. The van der Waals surface area contributed by atoms with Crippen LogP contribution < -0.4 is 0 Å². The number of hydrogen-bond acceptors (Lipinski definition) is 4. The van der Waals surface area contributed by atoms with E-state index in [-0.39, 0.29) is 0 Å². The first-order chi connectivity index (χ1) is 8.20. The first kappa shape index (κ1) is 12.2. The number of pyridine rings is 1. The summed E-state index contributed by atoms with van der Waals surface area (Å²) < 4.78 is 0. The second-order valence-electron chi connectivity index (χ2n) is 4.01. The number of thiazole rings is 1. The average Bonchev–Trinajstić information content (AvgIpc) is 2.74. The zero-order valence-corrected chi connectivity index (χ0v) is 10.9. The Kier molecular flexibility index (Phi) is 3.86. The van der Waals surface area contributed by atoms with Crippen molar-refractivity contribution < 1.29 is 5.11 Å². The van der Waals surface area contributed by atoms with Crippen LogP contribution in [-0.2, 0) is 12.8 Å². The van der Waals surface area contributed by atoms with Gasteiger partial charge >= 0.3 is 0 Å². The van der Waals surface area contributed by atoms with E-state index in [2.05, 4.69) is 16.9 Å². The molecule has 0 bridgehead atoms. The summed E-state index contributed by atoms with van der Waals surface area (Å²) in [4.78, 5) is 8.46. The molecule has 1 unspecified atom stereocenters. The quantitative estimate of drug-likeness (QED) is 0.905. The van der Waals surface area contributed by atoms with Gasteiger partial charge in [0.15, 0.2) is 0 Å². The van der Waals surface area contributed by atoms with Gasteiger partial charge in [-0.25, -0.2) is 4.98 Å². The summed E-state index contributed by atoms with van der Waals surface area (Å²) in [5.74, 6) is 0. The lowest BCUT2D eigenvalue weighted by Crippen LogP contribution is -2.05. The van der Waals surface area contributed by atoms with E-state index in [0.29, 0.717) is 6.42 Å². The lowest BCUT2D eigenvalue weighted by molar-refractivity contribution is 0.176. The molecule has 0 saturated heterocycles. The molecule has 2 heterocycles. The van der Waals surface area contributed by atoms with Gasteiger partial charge in [0.05, 0.1) is 16.8 Å². The third-order valence-corrected chi connectivity index (χ3v) is 3.57. The molecule has 0 aliphatic carbocycles. The molecular formula is C13H16N2OS. The number of aliphatic hydroxyl groups excluding tert-OH is 1. The maximum atomic E-state index is 10.2. The van der Waals surface area contributed by atoms with Crippen molar-refractivity contribution in [2.24, 2.45) is 0 Å². The van der Waals surface area contributed by atoms with E-state index in [0.717, 1.165) is 28.2 Å². The van der Waals surface area contributed by atoms with Gasteiger partial charge in [0, 0.05) is 24.2 Å². The number of nitrogens with zero attached hydrogens (tertiary/aromatic N) is 2. The zero-order chi connectivity index (χ0) is 12.3. The van der Waals surface area contributed by atoms with E-state index in [1.807, 2.05) is 24.6 Å². The largest absolute Gasteiger partial charge is 0.388 e. The van der Waals surface area contributed by atoms with Crippen molar-refractivity contribution in [1.29, 1.82) is 0 Å². The van der Waals surface area contributed by atoms with E-state index in [9.17, 15) is 5.11 Å². The Morgan fingerprint density at radius 2 is 2.29 bits per heavy atom. The molecule has 4 heteroatoms. The van der Waals surface area contributed by atoms with Gasteiger partial charge < -0.3 is 5.11 Å². The first-order valence-electron chi connectivity index (χ1n) is 5.72. The highest BCUT2D eigenvalue weighted by molar-refractivity contribution is 7.09. The Morgan fingerprint density at radius 3 is 2.94 bits per heavy atom. The second-order valence-corrected chi connectivity index (χ2v) is 5.07. The highest BCUT2D eigenvalue weighted by Gasteiger charge is 2.13. The molecule has 3 nitrogen and oxygen atoms in total. The molecule has 0 radical (unpaired) electrons. The molecule has 0 saturated carbocycles. The van der Waals surface area contributed by atoms with Gasteiger partial charge in [-0.05, 0) is 30.5 Å². The van der Waals surface area contributed by atoms with Gasteiger partial charge in [-0.15, -0.1) is 11.3 Å². The Labute approximate surface area is 105 Å². The summed E-state index contributed by atoms with van der Waals surface area (Å²) in [5, 5.41) is 13.3. The minimum absolute atomic E-state index is 0.491. The van der Waals surface area contributed by atoms with E-state index in [4.69, 9.17) is 0 Å². The lowest BCUT2D eigenvalue weighted by atomic mass is 10.00. The summed E-state index contributed by atoms with van der Waals surface area (Å²) in [6.07, 6.45) is 4.52. The van der Waals surface area contributed by atoms with E-state index in [1.165, 1.54) is 0 Å². The fraction of sp³-hybridized carbons (Fsp3) is 0.385. The third kappa shape index (κ3) is 2.90. The van der Waals surface area contributed by atoms with Crippen LogP contribution >= 0.6 is 11.3 Å². The van der Waals surface area contributed by atoms with Crippen molar-refractivity contribution in [3.63, 3.8) is 0 Å². The number of aryl methyl sites for hydroxylation is 2. The van der Waals surface area contributed by atoms with Crippen molar-refractivity contribution in [1.82, 2.24) is 9.97 Å². The zero-order valence-electron chi connectivity index (χ0n) is 10.1. The van der Waals surface area contributed by atoms with Crippen molar-refractivity contribution in [2.75, 3.05) is 0 Å². The topological polar surface area (TPSA) is 46.0 Å². The fourth-order valence-electron chi connectivity index (χ4n) is 1.87. The Bertz CT molecular complexity index is 496. The SMILES string of the molecule is CCc1cnccc1C(O)Cc1csc(C)n1. The normalized spacial score (nSPS) is 12.6. The molecule has 0 spiro atoms. The average molecular weight is 248 g/mol. The molecule has 17 heavy (non-hydrogen) atoms. The van der Waals surface area contributed by atoms with Gasteiger partial charge in [0.1, 0.15) is 0 Å². The van der Waals surface area contributed by atoms with E-state index in [1.54, 1.807) is 17.5 Å².